The molecule has 0 heterocycles. The number of nitrogens with one attached hydrogen (secondary N) is 1. The van der Waals surface area contributed by atoms with Gasteiger partial charge >= 0.3 is 12.1 Å². The van der Waals surface area contributed by atoms with E-state index in [-0.39, 0.29) is 24.1 Å². The number of rotatable bonds is 6. The van der Waals surface area contributed by atoms with Crippen LogP contribution in [0.25, 0.3) is 0 Å². The number of carbonyl (C=O) groups is 2. The molecule has 1 aromatic carbocycles. The molecule has 0 aliphatic carbocycles. The second-order valence-electron chi connectivity index (χ2n) is 6.57. The average molecular weight is 339 g/mol. The summed E-state index contributed by atoms with van der Waals surface area (Å²) in [5.74, 6) is -1.17. The van der Waals surface area contributed by atoms with Gasteiger partial charge in [0.25, 0.3) is 0 Å². The van der Waals surface area contributed by atoms with Gasteiger partial charge < -0.3 is 25.4 Å². The van der Waals surface area contributed by atoms with Gasteiger partial charge in [-0.1, -0.05) is 12.1 Å². The van der Waals surface area contributed by atoms with E-state index in [0.717, 1.165) is 0 Å². The van der Waals surface area contributed by atoms with Crippen LogP contribution in [-0.4, -0.2) is 45.6 Å². The number of amides is 1. The Bertz CT molecular complexity index is 593. The molecular formula is C17H25NO6. The van der Waals surface area contributed by atoms with Gasteiger partial charge in [-0.3, -0.25) is 0 Å². The minimum atomic E-state index is -1.36. The summed E-state index contributed by atoms with van der Waals surface area (Å²) in [6, 6.07) is 4.61. The number of benzene rings is 1. The van der Waals surface area contributed by atoms with Crippen LogP contribution in [0.3, 0.4) is 0 Å². The lowest BCUT2D eigenvalue weighted by atomic mass is 9.93. The van der Waals surface area contributed by atoms with Crippen molar-refractivity contribution in [3.8, 4) is 0 Å². The lowest BCUT2D eigenvalue weighted by Gasteiger charge is -2.23. The fourth-order valence-electron chi connectivity index (χ4n) is 2.25. The lowest BCUT2D eigenvalue weighted by Crippen LogP contribution is -2.35. The molecule has 1 amide bonds. The number of carbonyl (C=O) groups excluding carboxylic acids is 1. The van der Waals surface area contributed by atoms with Gasteiger partial charge in [0.1, 0.15) is 11.7 Å². The molecule has 0 aliphatic rings. The molecule has 24 heavy (non-hydrogen) atoms. The van der Waals surface area contributed by atoms with Crippen LogP contribution in [0, 0.1) is 6.92 Å². The van der Waals surface area contributed by atoms with Crippen LogP contribution in [0.5, 0.6) is 0 Å². The molecule has 4 N–H and O–H groups in total. The largest absolute Gasteiger partial charge is 0.478 e. The van der Waals surface area contributed by atoms with Crippen molar-refractivity contribution in [1.82, 2.24) is 5.32 Å². The standard InChI is InChI=1S/C17H25NO6/c1-10-6-5-7-11(15(21)22)13(10)14(20)12(19)8-9-18-16(23)24-17(2,3)4/h5-7,12,14,19-20H,8-9H2,1-4H3,(H,18,23)(H,21,22). The molecular weight excluding hydrogens is 314 g/mol. The number of hydrogen-bond donors (Lipinski definition) is 4. The van der Waals surface area contributed by atoms with Gasteiger partial charge in [0.05, 0.1) is 11.7 Å². The fraction of sp³-hybridized carbons (Fsp3) is 0.529. The summed E-state index contributed by atoms with van der Waals surface area (Å²) >= 11 is 0. The lowest BCUT2D eigenvalue weighted by molar-refractivity contribution is 0.0111. The summed E-state index contributed by atoms with van der Waals surface area (Å²) < 4.78 is 5.06. The predicted molar refractivity (Wildman–Crippen MR) is 88.0 cm³/mol. The molecule has 0 aliphatic heterocycles. The molecule has 2 unspecified atom stereocenters. The molecule has 1 rings (SSSR count). The van der Waals surface area contributed by atoms with Gasteiger partial charge in [-0.25, -0.2) is 9.59 Å². The second-order valence-corrected chi connectivity index (χ2v) is 6.57. The van der Waals surface area contributed by atoms with Gasteiger partial charge in [0.2, 0.25) is 0 Å². The Morgan fingerprint density at radius 3 is 2.42 bits per heavy atom. The number of carboxylic acids is 1. The monoisotopic (exact) mass is 339 g/mol. The van der Waals surface area contributed by atoms with E-state index in [1.165, 1.54) is 6.07 Å². The van der Waals surface area contributed by atoms with Crippen molar-refractivity contribution < 1.29 is 29.6 Å². The van der Waals surface area contributed by atoms with E-state index in [1.807, 2.05) is 0 Å². The summed E-state index contributed by atoms with van der Waals surface area (Å²) in [6.45, 7) is 6.95. The Kier molecular flexibility index (Phi) is 6.74. The quantitative estimate of drug-likeness (QED) is 0.630. The van der Waals surface area contributed by atoms with E-state index in [9.17, 15) is 24.9 Å². The summed E-state index contributed by atoms with van der Waals surface area (Å²) in [6.07, 6.45) is -3.16. The van der Waals surface area contributed by atoms with E-state index in [4.69, 9.17) is 4.74 Å². The third-order valence-electron chi connectivity index (χ3n) is 3.32. The third kappa shape index (κ3) is 5.82. The first kappa shape index (κ1) is 19.9. The van der Waals surface area contributed by atoms with Crippen LogP contribution in [0.15, 0.2) is 18.2 Å². The topological polar surface area (TPSA) is 116 Å². The van der Waals surface area contributed by atoms with E-state index >= 15 is 0 Å². The van der Waals surface area contributed by atoms with Crippen molar-refractivity contribution in [3.05, 3.63) is 34.9 Å². The highest BCUT2D eigenvalue weighted by atomic mass is 16.6. The van der Waals surface area contributed by atoms with E-state index < -0.39 is 29.9 Å². The van der Waals surface area contributed by atoms with Gasteiger partial charge in [0, 0.05) is 12.1 Å². The maximum absolute atomic E-state index is 11.5. The maximum Gasteiger partial charge on any atom is 0.407 e. The summed E-state index contributed by atoms with van der Waals surface area (Å²) in [7, 11) is 0. The normalized spacial score (nSPS) is 13.9. The van der Waals surface area contributed by atoms with Crippen molar-refractivity contribution in [2.45, 2.75) is 51.9 Å². The summed E-state index contributed by atoms with van der Waals surface area (Å²) in [5.41, 5.74) is 0.0673. The molecule has 0 fully saturated rings. The Balaban J connectivity index is 2.68. The summed E-state index contributed by atoms with van der Waals surface area (Å²) in [5, 5.41) is 32.1. The SMILES string of the molecule is Cc1cccc(C(=O)O)c1C(O)C(O)CCNC(=O)OC(C)(C)C. The molecule has 2 atom stereocenters. The Labute approximate surface area is 141 Å². The fourth-order valence-corrected chi connectivity index (χ4v) is 2.25. The zero-order valence-corrected chi connectivity index (χ0v) is 14.4. The molecule has 0 spiro atoms. The first-order chi connectivity index (χ1) is 11.0. The molecule has 0 aromatic heterocycles. The predicted octanol–water partition coefficient (Wildman–Crippen LogP) is 2.00. The number of aromatic carboxylic acids is 1. The zero-order valence-electron chi connectivity index (χ0n) is 14.4. The second kappa shape index (κ2) is 8.12. The molecule has 0 bridgehead atoms. The van der Waals surface area contributed by atoms with Gasteiger partial charge in [-0.2, -0.15) is 0 Å². The highest BCUT2D eigenvalue weighted by Crippen LogP contribution is 2.26. The van der Waals surface area contributed by atoms with Crippen molar-refractivity contribution >= 4 is 12.1 Å². The molecule has 0 radical (unpaired) electrons. The number of alkyl carbamates (subject to hydrolysis) is 1. The number of aliphatic hydroxyl groups excluding tert-OH is 2. The van der Waals surface area contributed by atoms with Crippen molar-refractivity contribution in [1.29, 1.82) is 0 Å². The van der Waals surface area contributed by atoms with Crippen molar-refractivity contribution in [2.24, 2.45) is 0 Å². The van der Waals surface area contributed by atoms with Crippen molar-refractivity contribution in [3.63, 3.8) is 0 Å². The molecule has 134 valence electrons. The first-order valence-corrected chi connectivity index (χ1v) is 7.68. The smallest absolute Gasteiger partial charge is 0.407 e. The zero-order chi connectivity index (χ0) is 18.5. The highest BCUT2D eigenvalue weighted by Gasteiger charge is 2.25. The number of ether oxygens (including phenoxy) is 1. The van der Waals surface area contributed by atoms with E-state index in [0.29, 0.717) is 5.56 Å². The van der Waals surface area contributed by atoms with Crippen molar-refractivity contribution in [2.75, 3.05) is 6.54 Å². The minimum absolute atomic E-state index is 0.0494. The molecule has 7 nitrogen and oxygen atoms in total. The minimum Gasteiger partial charge on any atom is -0.478 e. The summed E-state index contributed by atoms with van der Waals surface area (Å²) in [4.78, 5) is 22.8. The van der Waals surface area contributed by atoms with Crippen LogP contribution in [0.4, 0.5) is 4.79 Å². The molecule has 0 saturated heterocycles. The van der Waals surface area contributed by atoms with Crippen LogP contribution in [-0.2, 0) is 4.74 Å². The average Bonchev–Trinajstić information content (AvgIpc) is 2.44. The van der Waals surface area contributed by atoms with Crippen LogP contribution < -0.4 is 5.32 Å². The van der Waals surface area contributed by atoms with Gasteiger partial charge in [0.15, 0.2) is 0 Å². The Morgan fingerprint density at radius 1 is 1.25 bits per heavy atom. The number of aliphatic hydroxyl groups is 2. The first-order valence-electron chi connectivity index (χ1n) is 7.68. The number of hydrogen-bond acceptors (Lipinski definition) is 5. The maximum atomic E-state index is 11.5. The van der Waals surface area contributed by atoms with Crippen LogP contribution in [0.1, 0.15) is 54.8 Å². The van der Waals surface area contributed by atoms with Gasteiger partial charge in [-0.15, -0.1) is 0 Å². The number of carboxylic acid groups (broad SMARTS) is 1. The van der Waals surface area contributed by atoms with E-state index in [1.54, 1.807) is 39.8 Å². The Morgan fingerprint density at radius 2 is 1.88 bits per heavy atom. The van der Waals surface area contributed by atoms with Crippen LogP contribution >= 0.6 is 0 Å². The molecule has 0 saturated carbocycles. The molecule has 1 aromatic rings. The van der Waals surface area contributed by atoms with E-state index in [2.05, 4.69) is 5.32 Å². The Hall–Kier alpha value is -2.12. The molecule has 7 heteroatoms. The third-order valence-corrected chi connectivity index (χ3v) is 3.32. The number of aryl methyl sites for hydroxylation is 1. The highest BCUT2D eigenvalue weighted by molar-refractivity contribution is 5.90. The van der Waals surface area contributed by atoms with Gasteiger partial charge in [-0.05, 0) is 45.7 Å². The van der Waals surface area contributed by atoms with Crippen LogP contribution in [0.2, 0.25) is 0 Å².